The molecule has 0 bridgehead atoms. The molecule has 1 heterocycles. The summed E-state index contributed by atoms with van der Waals surface area (Å²) >= 11 is 1.91. The van der Waals surface area contributed by atoms with Crippen molar-refractivity contribution < 1.29 is 14.7 Å². The molecule has 0 aliphatic carbocycles. The number of rotatable bonds is 5. The van der Waals surface area contributed by atoms with Gasteiger partial charge in [-0.25, -0.2) is 4.79 Å². The second kappa shape index (κ2) is 6.74. The third-order valence-electron chi connectivity index (χ3n) is 3.07. The summed E-state index contributed by atoms with van der Waals surface area (Å²) < 4.78 is 0. The van der Waals surface area contributed by atoms with Gasteiger partial charge >= 0.3 is 12.0 Å². The molecule has 98 valence electrons. The standard InChI is InChI=1S/C11H20N2O3S/c1-7(10(14)15)8(2)13-11(16)12-5-9-3-4-17-6-9/h7-9H,3-6H2,1-2H3,(H,14,15)(H2,12,13,16). The largest absolute Gasteiger partial charge is 0.481 e. The summed E-state index contributed by atoms with van der Waals surface area (Å²) in [5, 5.41) is 14.2. The molecule has 0 saturated carbocycles. The Balaban J connectivity index is 2.21. The average molecular weight is 260 g/mol. The number of amides is 2. The quantitative estimate of drug-likeness (QED) is 0.693. The fourth-order valence-corrected chi connectivity index (χ4v) is 2.86. The lowest BCUT2D eigenvalue weighted by molar-refractivity contribution is -0.141. The first-order valence-corrected chi connectivity index (χ1v) is 7.01. The molecule has 1 aliphatic heterocycles. The lowest BCUT2D eigenvalue weighted by Gasteiger charge is -2.19. The zero-order chi connectivity index (χ0) is 12.8. The zero-order valence-corrected chi connectivity index (χ0v) is 11.0. The van der Waals surface area contributed by atoms with Crippen molar-refractivity contribution in [2.75, 3.05) is 18.1 Å². The van der Waals surface area contributed by atoms with E-state index in [0.717, 1.165) is 12.2 Å². The van der Waals surface area contributed by atoms with Crippen molar-refractivity contribution in [2.45, 2.75) is 26.3 Å². The Morgan fingerprint density at radius 2 is 2.18 bits per heavy atom. The first kappa shape index (κ1) is 14.2. The number of hydrogen-bond donors (Lipinski definition) is 3. The normalized spacial score (nSPS) is 22.8. The summed E-state index contributed by atoms with van der Waals surface area (Å²) in [5.41, 5.74) is 0. The van der Waals surface area contributed by atoms with Crippen molar-refractivity contribution in [1.29, 1.82) is 0 Å². The van der Waals surface area contributed by atoms with E-state index in [1.807, 2.05) is 11.8 Å². The molecule has 0 aromatic heterocycles. The maximum Gasteiger partial charge on any atom is 0.315 e. The first-order chi connectivity index (χ1) is 8.00. The molecule has 3 N–H and O–H groups in total. The maximum absolute atomic E-state index is 11.5. The van der Waals surface area contributed by atoms with E-state index in [-0.39, 0.29) is 12.1 Å². The van der Waals surface area contributed by atoms with E-state index in [1.165, 1.54) is 5.75 Å². The van der Waals surface area contributed by atoms with E-state index in [0.29, 0.717) is 12.5 Å². The van der Waals surface area contributed by atoms with Crippen LogP contribution in [-0.4, -0.2) is 41.2 Å². The number of thioether (sulfide) groups is 1. The van der Waals surface area contributed by atoms with Gasteiger partial charge in [0, 0.05) is 12.6 Å². The second-order valence-corrected chi connectivity index (χ2v) is 5.65. The molecular formula is C11H20N2O3S. The van der Waals surface area contributed by atoms with Gasteiger partial charge in [-0.3, -0.25) is 4.79 Å². The summed E-state index contributed by atoms with van der Waals surface area (Å²) in [4.78, 5) is 22.2. The lowest BCUT2D eigenvalue weighted by Crippen LogP contribution is -2.46. The number of carboxylic acid groups (broad SMARTS) is 1. The SMILES string of the molecule is CC(NC(=O)NCC1CCSC1)C(C)C(=O)O. The van der Waals surface area contributed by atoms with Crippen LogP contribution in [0.15, 0.2) is 0 Å². The van der Waals surface area contributed by atoms with Crippen LogP contribution in [0, 0.1) is 11.8 Å². The van der Waals surface area contributed by atoms with Crippen molar-refractivity contribution in [1.82, 2.24) is 10.6 Å². The van der Waals surface area contributed by atoms with Crippen molar-refractivity contribution in [2.24, 2.45) is 11.8 Å². The fraction of sp³-hybridized carbons (Fsp3) is 0.818. The molecule has 3 atom stereocenters. The van der Waals surface area contributed by atoms with Crippen molar-refractivity contribution in [3.05, 3.63) is 0 Å². The summed E-state index contributed by atoms with van der Waals surface area (Å²) in [6, 6.07) is -0.645. The minimum absolute atomic E-state index is 0.275. The number of carbonyl (C=O) groups excluding carboxylic acids is 1. The summed E-state index contributed by atoms with van der Waals surface area (Å²) in [7, 11) is 0. The summed E-state index contributed by atoms with van der Waals surface area (Å²) in [5.74, 6) is 1.34. The van der Waals surface area contributed by atoms with E-state index < -0.39 is 11.9 Å². The van der Waals surface area contributed by atoms with E-state index >= 15 is 0 Å². The third kappa shape index (κ3) is 4.85. The molecule has 0 aromatic carbocycles. The van der Waals surface area contributed by atoms with Gasteiger partial charge in [0.2, 0.25) is 0 Å². The van der Waals surface area contributed by atoms with Crippen LogP contribution in [0.1, 0.15) is 20.3 Å². The Bertz CT molecular complexity index is 280. The Morgan fingerprint density at radius 1 is 1.47 bits per heavy atom. The predicted octanol–water partition coefficient (Wildman–Crippen LogP) is 1.15. The molecule has 5 nitrogen and oxygen atoms in total. The molecule has 2 amide bonds. The molecule has 1 saturated heterocycles. The molecule has 1 aliphatic rings. The number of carbonyl (C=O) groups is 2. The van der Waals surface area contributed by atoms with Gasteiger partial charge < -0.3 is 15.7 Å². The van der Waals surface area contributed by atoms with Crippen LogP contribution < -0.4 is 10.6 Å². The van der Waals surface area contributed by atoms with Crippen LogP contribution in [0.3, 0.4) is 0 Å². The van der Waals surface area contributed by atoms with E-state index in [1.54, 1.807) is 13.8 Å². The molecule has 0 aromatic rings. The number of carboxylic acids is 1. The van der Waals surface area contributed by atoms with Crippen LogP contribution >= 0.6 is 11.8 Å². The van der Waals surface area contributed by atoms with E-state index in [9.17, 15) is 9.59 Å². The molecule has 1 rings (SSSR count). The van der Waals surface area contributed by atoms with Crippen LogP contribution in [0.4, 0.5) is 4.79 Å². The van der Waals surface area contributed by atoms with Gasteiger partial charge in [0.25, 0.3) is 0 Å². The predicted molar refractivity (Wildman–Crippen MR) is 68.2 cm³/mol. The Labute approximate surface area is 106 Å². The van der Waals surface area contributed by atoms with Crippen LogP contribution in [0.5, 0.6) is 0 Å². The fourth-order valence-electron chi connectivity index (χ4n) is 1.58. The Kier molecular flexibility index (Phi) is 5.61. The van der Waals surface area contributed by atoms with Crippen molar-refractivity contribution >= 4 is 23.8 Å². The van der Waals surface area contributed by atoms with Gasteiger partial charge in [0.1, 0.15) is 0 Å². The van der Waals surface area contributed by atoms with Crippen LogP contribution in [0.2, 0.25) is 0 Å². The Hall–Kier alpha value is -0.910. The maximum atomic E-state index is 11.5. The minimum Gasteiger partial charge on any atom is -0.481 e. The van der Waals surface area contributed by atoms with Gasteiger partial charge in [-0.05, 0) is 37.7 Å². The third-order valence-corrected chi connectivity index (χ3v) is 4.31. The van der Waals surface area contributed by atoms with Crippen molar-refractivity contribution in [3.63, 3.8) is 0 Å². The van der Waals surface area contributed by atoms with Gasteiger partial charge in [0.15, 0.2) is 0 Å². The molecule has 1 fully saturated rings. The van der Waals surface area contributed by atoms with Gasteiger partial charge in [-0.1, -0.05) is 0 Å². The number of nitrogens with one attached hydrogen (secondary N) is 2. The second-order valence-electron chi connectivity index (χ2n) is 4.50. The average Bonchev–Trinajstić information content (AvgIpc) is 2.77. The highest BCUT2D eigenvalue weighted by Crippen LogP contribution is 2.22. The van der Waals surface area contributed by atoms with Gasteiger partial charge in [-0.2, -0.15) is 11.8 Å². The molecular weight excluding hydrogens is 240 g/mol. The van der Waals surface area contributed by atoms with E-state index in [2.05, 4.69) is 10.6 Å². The smallest absolute Gasteiger partial charge is 0.315 e. The van der Waals surface area contributed by atoms with E-state index in [4.69, 9.17) is 5.11 Å². The number of urea groups is 1. The topological polar surface area (TPSA) is 78.4 Å². The lowest BCUT2D eigenvalue weighted by atomic mass is 10.0. The van der Waals surface area contributed by atoms with Gasteiger partial charge in [0.05, 0.1) is 5.92 Å². The minimum atomic E-state index is -0.898. The number of aliphatic carboxylic acids is 1. The molecule has 6 heteroatoms. The molecule has 0 radical (unpaired) electrons. The highest BCUT2D eigenvalue weighted by molar-refractivity contribution is 7.99. The highest BCUT2D eigenvalue weighted by atomic mass is 32.2. The molecule has 3 unspecified atom stereocenters. The van der Waals surface area contributed by atoms with Gasteiger partial charge in [-0.15, -0.1) is 0 Å². The number of hydrogen-bond acceptors (Lipinski definition) is 3. The Morgan fingerprint density at radius 3 is 2.71 bits per heavy atom. The van der Waals surface area contributed by atoms with Crippen LogP contribution in [0.25, 0.3) is 0 Å². The summed E-state index contributed by atoms with van der Waals surface area (Å²) in [6.45, 7) is 3.96. The van der Waals surface area contributed by atoms with Crippen LogP contribution in [-0.2, 0) is 4.79 Å². The zero-order valence-electron chi connectivity index (χ0n) is 10.2. The first-order valence-electron chi connectivity index (χ1n) is 5.85. The molecule has 17 heavy (non-hydrogen) atoms. The van der Waals surface area contributed by atoms with Crippen molar-refractivity contribution in [3.8, 4) is 0 Å². The molecule has 0 spiro atoms. The highest BCUT2D eigenvalue weighted by Gasteiger charge is 2.21. The monoisotopic (exact) mass is 260 g/mol. The summed E-state index contributed by atoms with van der Waals surface area (Å²) in [6.07, 6.45) is 1.14.